The lowest BCUT2D eigenvalue weighted by Crippen LogP contribution is -2.30. The molecule has 22 heavy (non-hydrogen) atoms. The minimum absolute atomic E-state index is 0.0184. The number of aryl methyl sites for hydroxylation is 1. The Kier molecular flexibility index (Phi) is 3.81. The molecule has 0 fully saturated rings. The Balaban J connectivity index is 1.97. The van der Waals surface area contributed by atoms with Crippen molar-refractivity contribution >= 4 is 23.4 Å². The molecule has 1 aliphatic heterocycles. The van der Waals surface area contributed by atoms with E-state index in [9.17, 15) is 9.18 Å². The Hall–Kier alpha value is -2.40. The zero-order chi connectivity index (χ0) is 15.7. The Labute approximate surface area is 131 Å². The average molecular weight is 319 g/mol. The molecule has 6 heteroatoms. The lowest BCUT2D eigenvalue weighted by molar-refractivity contribution is 0.157. The van der Waals surface area contributed by atoms with Gasteiger partial charge in [-0.15, -0.1) is 0 Å². The van der Waals surface area contributed by atoms with Gasteiger partial charge in [-0.1, -0.05) is 29.8 Å². The summed E-state index contributed by atoms with van der Waals surface area (Å²) in [5.41, 5.74) is 5.39. The van der Waals surface area contributed by atoms with Gasteiger partial charge < -0.3 is 4.74 Å². The maximum Gasteiger partial charge on any atom is 0.428 e. The monoisotopic (exact) mass is 318 g/mol. The van der Waals surface area contributed by atoms with E-state index in [-0.39, 0.29) is 12.4 Å². The fourth-order valence-corrected chi connectivity index (χ4v) is 2.53. The van der Waals surface area contributed by atoms with E-state index < -0.39 is 6.09 Å². The van der Waals surface area contributed by atoms with Crippen LogP contribution in [-0.4, -0.2) is 18.4 Å². The molecule has 0 saturated carbocycles. The first-order chi connectivity index (χ1) is 10.5. The van der Waals surface area contributed by atoms with Crippen LogP contribution in [-0.2, 0) is 4.74 Å². The molecule has 1 aliphatic rings. The van der Waals surface area contributed by atoms with Crippen LogP contribution in [0.25, 0.3) is 11.1 Å². The highest BCUT2D eigenvalue weighted by molar-refractivity contribution is 6.30. The number of benzene rings is 2. The second kappa shape index (κ2) is 5.77. The molecule has 0 saturated heterocycles. The smallest absolute Gasteiger partial charge is 0.428 e. The van der Waals surface area contributed by atoms with Gasteiger partial charge in [0, 0.05) is 16.1 Å². The van der Waals surface area contributed by atoms with Crippen molar-refractivity contribution in [2.24, 2.45) is 5.10 Å². The van der Waals surface area contributed by atoms with Crippen molar-refractivity contribution in [3.63, 3.8) is 0 Å². The molecular formula is C16H12ClFN2O2. The number of ether oxygens (including phenoxy) is 1. The third-order valence-corrected chi connectivity index (χ3v) is 3.64. The van der Waals surface area contributed by atoms with Crippen molar-refractivity contribution in [2.75, 3.05) is 6.61 Å². The SMILES string of the molecule is Cc1cc(Cl)ccc1-c1ccc(C2=NNC(=O)OC2)cc1F. The molecule has 1 N–H and O–H groups in total. The minimum Gasteiger partial charge on any atom is -0.442 e. The van der Waals surface area contributed by atoms with Crippen molar-refractivity contribution in [1.29, 1.82) is 0 Å². The van der Waals surface area contributed by atoms with E-state index in [0.29, 0.717) is 21.9 Å². The van der Waals surface area contributed by atoms with Gasteiger partial charge in [-0.3, -0.25) is 0 Å². The molecule has 0 aromatic heterocycles. The number of carbonyl (C=O) groups is 1. The summed E-state index contributed by atoms with van der Waals surface area (Å²) in [7, 11) is 0. The van der Waals surface area contributed by atoms with Crippen LogP contribution in [0.3, 0.4) is 0 Å². The molecule has 0 unspecified atom stereocenters. The van der Waals surface area contributed by atoms with Crippen LogP contribution in [0, 0.1) is 12.7 Å². The third-order valence-electron chi connectivity index (χ3n) is 3.40. The molecule has 112 valence electrons. The number of halogens is 2. The number of nitrogens with one attached hydrogen (secondary N) is 1. The van der Waals surface area contributed by atoms with Crippen molar-refractivity contribution < 1.29 is 13.9 Å². The van der Waals surface area contributed by atoms with Gasteiger partial charge in [-0.2, -0.15) is 5.10 Å². The number of hydrogen-bond donors (Lipinski definition) is 1. The van der Waals surface area contributed by atoms with Gasteiger partial charge >= 0.3 is 6.09 Å². The largest absolute Gasteiger partial charge is 0.442 e. The molecule has 0 bridgehead atoms. The first kappa shape index (κ1) is 14.5. The number of nitrogens with zero attached hydrogens (tertiary/aromatic N) is 1. The molecule has 0 radical (unpaired) electrons. The fourth-order valence-electron chi connectivity index (χ4n) is 2.30. The van der Waals surface area contributed by atoms with Crippen LogP contribution >= 0.6 is 11.6 Å². The Bertz CT molecular complexity index is 790. The summed E-state index contributed by atoms with van der Waals surface area (Å²) in [5.74, 6) is -0.373. The maximum absolute atomic E-state index is 14.4. The summed E-state index contributed by atoms with van der Waals surface area (Å²) in [6.07, 6.45) is -0.613. The van der Waals surface area contributed by atoms with Crippen LogP contribution in [0.1, 0.15) is 11.1 Å². The summed E-state index contributed by atoms with van der Waals surface area (Å²) in [4.78, 5) is 10.9. The van der Waals surface area contributed by atoms with Crippen molar-refractivity contribution in [3.8, 4) is 11.1 Å². The van der Waals surface area contributed by atoms with Gasteiger partial charge in [0.25, 0.3) is 0 Å². The lowest BCUT2D eigenvalue weighted by atomic mass is 9.98. The molecule has 2 aromatic carbocycles. The number of cyclic esters (lactones) is 1. The Morgan fingerprint density at radius 3 is 2.64 bits per heavy atom. The number of amides is 1. The van der Waals surface area contributed by atoms with E-state index in [0.717, 1.165) is 11.1 Å². The topological polar surface area (TPSA) is 50.7 Å². The normalized spacial score (nSPS) is 14.1. The number of hydrogen-bond acceptors (Lipinski definition) is 3. The third kappa shape index (κ3) is 2.80. The summed E-state index contributed by atoms with van der Waals surface area (Å²) < 4.78 is 19.2. The molecule has 2 aromatic rings. The minimum atomic E-state index is -0.613. The molecule has 3 rings (SSSR count). The molecule has 1 heterocycles. The second-order valence-electron chi connectivity index (χ2n) is 4.90. The number of carbonyl (C=O) groups excluding carboxylic acids is 1. The van der Waals surface area contributed by atoms with Crippen LogP contribution in [0.15, 0.2) is 41.5 Å². The predicted molar refractivity (Wildman–Crippen MR) is 82.6 cm³/mol. The first-order valence-corrected chi connectivity index (χ1v) is 6.98. The van der Waals surface area contributed by atoms with Crippen molar-refractivity contribution in [2.45, 2.75) is 6.92 Å². The zero-order valence-corrected chi connectivity index (χ0v) is 12.4. The van der Waals surface area contributed by atoms with Crippen molar-refractivity contribution in [1.82, 2.24) is 5.43 Å². The van der Waals surface area contributed by atoms with Crippen LogP contribution in [0.2, 0.25) is 5.02 Å². The summed E-state index contributed by atoms with van der Waals surface area (Å²) in [6.45, 7) is 1.90. The van der Waals surface area contributed by atoms with E-state index in [1.807, 2.05) is 6.92 Å². The van der Waals surface area contributed by atoms with E-state index >= 15 is 0 Å². The van der Waals surface area contributed by atoms with Crippen LogP contribution in [0.4, 0.5) is 9.18 Å². The summed E-state index contributed by atoms with van der Waals surface area (Å²) in [5, 5.41) is 4.48. The number of rotatable bonds is 2. The molecule has 0 atom stereocenters. The molecule has 4 nitrogen and oxygen atoms in total. The first-order valence-electron chi connectivity index (χ1n) is 6.60. The average Bonchev–Trinajstić information content (AvgIpc) is 2.49. The van der Waals surface area contributed by atoms with Gasteiger partial charge in [0.05, 0.1) is 0 Å². The zero-order valence-electron chi connectivity index (χ0n) is 11.7. The van der Waals surface area contributed by atoms with Gasteiger partial charge in [0.15, 0.2) is 0 Å². The Morgan fingerprint density at radius 1 is 1.23 bits per heavy atom. The van der Waals surface area contributed by atoms with Crippen LogP contribution in [0.5, 0.6) is 0 Å². The van der Waals surface area contributed by atoms with E-state index in [4.69, 9.17) is 16.3 Å². The highest BCUT2D eigenvalue weighted by Gasteiger charge is 2.16. The quantitative estimate of drug-likeness (QED) is 0.913. The van der Waals surface area contributed by atoms with E-state index in [2.05, 4.69) is 10.5 Å². The Morgan fingerprint density at radius 2 is 2.00 bits per heavy atom. The fraction of sp³-hybridized carbons (Fsp3) is 0.125. The molecule has 0 spiro atoms. The van der Waals surface area contributed by atoms with Gasteiger partial charge in [0.2, 0.25) is 0 Å². The predicted octanol–water partition coefficient (Wildman–Crippen LogP) is 3.90. The highest BCUT2D eigenvalue weighted by Crippen LogP contribution is 2.29. The lowest BCUT2D eigenvalue weighted by Gasteiger charge is -2.14. The van der Waals surface area contributed by atoms with Crippen LogP contribution < -0.4 is 5.43 Å². The van der Waals surface area contributed by atoms with Gasteiger partial charge in [-0.05, 0) is 36.2 Å². The highest BCUT2D eigenvalue weighted by atomic mass is 35.5. The van der Waals surface area contributed by atoms with Gasteiger partial charge in [-0.25, -0.2) is 14.6 Å². The standard InChI is InChI=1S/C16H12ClFN2O2/c1-9-6-11(17)3-5-12(9)13-4-2-10(7-14(13)18)15-8-22-16(21)20-19-15/h2-7H,8H2,1H3,(H,20,21). The number of hydrazone groups is 1. The molecular weight excluding hydrogens is 307 g/mol. The second-order valence-corrected chi connectivity index (χ2v) is 5.34. The molecule has 1 amide bonds. The van der Waals surface area contributed by atoms with Gasteiger partial charge in [0.1, 0.15) is 18.1 Å². The van der Waals surface area contributed by atoms with E-state index in [1.165, 1.54) is 6.07 Å². The summed E-state index contributed by atoms with van der Waals surface area (Å²) >= 11 is 5.92. The molecule has 0 aliphatic carbocycles. The summed E-state index contributed by atoms with van der Waals surface area (Å²) in [6, 6.07) is 10.1. The van der Waals surface area contributed by atoms with E-state index in [1.54, 1.807) is 30.3 Å². The maximum atomic E-state index is 14.4. The van der Waals surface area contributed by atoms with Crippen molar-refractivity contribution in [3.05, 3.63) is 58.4 Å².